The van der Waals surface area contributed by atoms with Gasteiger partial charge in [0.2, 0.25) is 0 Å². The molecule has 2 rings (SSSR count). The first kappa shape index (κ1) is 14.1. The van der Waals surface area contributed by atoms with Gasteiger partial charge in [0.15, 0.2) is 0 Å². The Kier molecular flexibility index (Phi) is 4.71. The molecule has 0 fully saturated rings. The largest absolute Gasteiger partial charge is 0.381 e. The zero-order valence-corrected chi connectivity index (χ0v) is 11.8. The Morgan fingerprint density at radius 1 is 1.20 bits per heavy atom. The van der Waals surface area contributed by atoms with Crippen LogP contribution in [0, 0.1) is 0 Å². The predicted molar refractivity (Wildman–Crippen MR) is 80.6 cm³/mol. The van der Waals surface area contributed by atoms with E-state index >= 15 is 0 Å². The topological polar surface area (TPSA) is 54.0 Å². The molecular formula is C16H19N3O. The van der Waals surface area contributed by atoms with Gasteiger partial charge in [0.1, 0.15) is 0 Å². The number of amides is 1. The summed E-state index contributed by atoms with van der Waals surface area (Å²) in [7, 11) is 0. The quantitative estimate of drug-likeness (QED) is 0.877. The minimum atomic E-state index is -0.0486. The van der Waals surface area contributed by atoms with E-state index in [1.54, 1.807) is 12.4 Å². The van der Waals surface area contributed by atoms with Gasteiger partial charge in [0.05, 0.1) is 0 Å². The van der Waals surface area contributed by atoms with Crippen molar-refractivity contribution < 1.29 is 4.79 Å². The smallest absolute Gasteiger partial charge is 0.251 e. The van der Waals surface area contributed by atoms with Crippen LogP contribution in [-0.2, 0) is 6.54 Å². The summed E-state index contributed by atoms with van der Waals surface area (Å²) in [6, 6.07) is 11.6. The number of pyridine rings is 1. The number of hydrogen-bond acceptors (Lipinski definition) is 3. The molecule has 0 saturated heterocycles. The lowest BCUT2D eigenvalue weighted by molar-refractivity contribution is 0.0943. The molecule has 4 heteroatoms. The number of carbonyl (C=O) groups excluding carboxylic acids is 1. The van der Waals surface area contributed by atoms with Gasteiger partial charge < -0.3 is 10.6 Å². The molecule has 1 aromatic heterocycles. The molecule has 0 spiro atoms. The Morgan fingerprint density at radius 3 is 2.65 bits per heavy atom. The van der Waals surface area contributed by atoms with Crippen LogP contribution in [0.15, 0.2) is 48.8 Å². The number of nitrogens with zero attached hydrogens (tertiary/aromatic N) is 1. The molecule has 1 amide bonds. The van der Waals surface area contributed by atoms with E-state index in [4.69, 9.17) is 0 Å². The zero-order valence-electron chi connectivity index (χ0n) is 11.8. The second kappa shape index (κ2) is 6.70. The highest BCUT2D eigenvalue weighted by molar-refractivity contribution is 5.95. The van der Waals surface area contributed by atoms with Gasteiger partial charge in [0.25, 0.3) is 5.91 Å². The predicted octanol–water partition coefficient (Wildman–Crippen LogP) is 2.83. The third-order valence-electron chi connectivity index (χ3n) is 2.79. The molecule has 0 aliphatic carbocycles. The van der Waals surface area contributed by atoms with E-state index in [2.05, 4.69) is 15.6 Å². The average Bonchev–Trinajstić information content (AvgIpc) is 2.46. The van der Waals surface area contributed by atoms with Crippen molar-refractivity contribution in [2.24, 2.45) is 0 Å². The minimum absolute atomic E-state index is 0.0486. The highest BCUT2D eigenvalue weighted by Crippen LogP contribution is 2.12. The Hall–Kier alpha value is -2.36. The Morgan fingerprint density at radius 2 is 1.95 bits per heavy atom. The van der Waals surface area contributed by atoms with Crippen LogP contribution in [0.5, 0.6) is 0 Å². The van der Waals surface area contributed by atoms with Crippen molar-refractivity contribution in [3.05, 3.63) is 59.9 Å². The van der Waals surface area contributed by atoms with Gasteiger partial charge in [0, 0.05) is 36.2 Å². The number of aromatic nitrogens is 1. The fourth-order valence-electron chi connectivity index (χ4n) is 1.82. The fourth-order valence-corrected chi connectivity index (χ4v) is 1.82. The van der Waals surface area contributed by atoms with Gasteiger partial charge in [-0.2, -0.15) is 0 Å². The lowest BCUT2D eigenvalue weighted by Crippen LogP contribution is -2.30. The maximum atomic E-state index is 11.9. The Balaban J connectivity index is 2.01. The molecular weight excluding hydrogens is 250 g/mol. The lowest BCUT2D eigenvalue weighted by Gasteiger charge is -2.10. The summed E-state index contributed by atoms with van der Waals surface area (Å²) in [5.41, 5.74) is 2.74. The van der Waals surface area contributed by atoms with E-state index in [1.165, 1.54) is 0 Å². The third kappa shape index (κ3) is 4.09. The molecule has 1 heterocycles. The van der Waals surface area contributed by atoms with Crippen LogP contribution in [0.25, 0.3) is 0 Å². The van der Waals surface area contributed by atoms with E-state index in [0.717, 1.165) is 11.3 Å². The van der Waals surface area contributed by atoms with Gasteiger partial charge in [-0.15, -0.1) is 0 Å². The summed E-state index contributed by atoms with van der Waals surface area (Å²) in [6.45, 7) is 4.60. The molecule has 0 unspecified atom stereocenters. The first-order chi connectivity index (χ1) is 9.65. The maximum Gasteiger partial charge on any atom is 0.251 e. The fraction of sp³-hybridized carbons (Fsp3) is 0.250. The molecule has 0 aliphatic heterocycles. The Bertz CT molecular complexity index is 567. The number of anilines is 1. The number of benzene rings is 1. The highest BCUT2D eigenvalue weighted by Gasteiger charge is 2.07. The second-order valence-corrected chi connectivity index (χ2v) is 4.92. The molecule has 2 N–H and O–H groups in total. The van der Waals surface area contributed by atoms with Gasteiger partial charge >= 0.3 is 0 Å². The van der Waals surface area contributed by atoms with Crippen LogP contribution < -0.4 is 10.6 Å². The van der Waals surface area contributed by atoms with Crippen LogP contribution >= 0.6 is 0 Å². The monoisotopic (exact) mass is 269 g/mol. The van der Waals surface area contributed by atoms with Crippen molar-refractivity contribution in [3.8, 4) is 0 Å². The molecule has 1 aromatic carbocycles. The van der Waals surface area contributed by atoms with E-state index in [-0.39, 0.29) is 11.9 Å². The summed E-state index contributed by atoms with van der Waals surface area (Å²) < 4.78 is 0. The lowest BCUT2D eigenvalue weighted by atomic mass is 10.1. The second-order valence-electron chi connectivity index (χ2n) is 4.92. The van der Waals surface area contributed by atoms with E-state index in [0.29, 0.717) is 12.1 Å². The SMILES string of the molecule is CC(C)NC(=O)c1cccc(NCc2ccncc2)c1. The normalized spacial score (nSPS) is 10.3. The van der Waals surface area contributed by atoms with E-state index in [1.807, 2.05) is 50.2 Å². The van der Waals surface area contributed by atoms with Crippen LogP contribution in [-0.4, -0.2) is 16.9 Å². The van der Waals surface area contributed by atoms with E-state index in [9.17, 15) is 4.79 Å². The van der Waals surface area contributed by atoms with Crippen LogP contribution in [0.4, 0.5) is 5.69 Å². The maximum absolute atomic E-state index is 11.9. The summed E-state index contributed by atoms with van der Waals surface area (Å²) in [5.74, 6) is -0.0486. The number of nitrogens with one attached hydrogen (secondary N) is 2. The van der Waals surface area contributed by atoms with Gasteiger partial charge in [-0.05, 0) is 49.7 Å². The summed E-state index contributed by atoms with van der Waals surface area (Å²) in [4.78, 5) is 15.9. The third-order valence-corrected chi connectivity index (χ3v) is 2.79. The van der Waals surface area contributed by atoms with Crippen molar-refractivity contribution in [2.75, 3.05) is 5.32 Å². The molecule has 0 saturated carbocycles. The molecule has 0 radical (unpaired) electrons. The summed E-state index contributed by atoms with van der Waals surface area (Å²) in [6.07, 6.45) is 3.53. The first-order valence-corrected chi connectivity index (χ1v) is 6.69. The molecule has 0 aliphatic rings. The van der Waals surface area contributed by atoms with Crippen LogP contribution in [0.3, 0.4) is 0 Å². The zero-order chi connectivity index (χ0) is 14.4. The molecule has 4 nitrogen and oxygen atoms in total. The van der Waals surface area contributed by atoms with E-state index < -0.39 is 0 Å². The van der Waals surface area contributed by atoms with Crippen molar-refractivity contribution in [3.63, 3.8) is 0 Å². The van der Waals surface area contributed by atoms with Gasteiger partial charge in [-0.3, -0.25) is 9.78 Å². The van der Waals surface area contributed by atoms with Crippen molar-refractivity contribution in [2.45, 2.75) is 26.4 Å². The van der Waals surface area contributed by atoms with Crippen molar-refractivity contribution in [1.29, 1.82) is 0 Å². The average molecular weight is 269 g/mol. The molecule has 20 heavy (non-hydrogen) atoms. The molecule has 0 bridgehead atoms. The number of hydrogen-bond donors (Lipinski definition) is 2. The summed E-state index contributed by atoms with van der Waals surface area (Å²) in [5, 5.41) is 6.19. The van der Waals surface area contributed by atoms with Crippen LogP contribution in [0.2, 0.25) is 0 Å². The number of rotatable bonds is 5. The minimum Gasteiger partial charge on any atom is -0.381 e. The Labute approximate surface area is 119 Å². The summed E-state index contributed by atoms with van der Waals surface area (Å²) >= 11 is 0. The van der Waals surface area contributed by atoms with Crippen molar-refractivity contribution in [1.82, 2.24) is 10.3 Å². The standard InChI is InChI=1S/C16H19N3O/c1-12(2)19-16(20)14-4-3-5-15(10-14)18-11-13-6-8-17-9-7-13/h3-10,12,18H,11H2,1-2H3,(H,19,20). The van der Waals surface area contributed by atoms with Gasteiger partial charge in [-0.1, -0.05) is 6.07 Å². The first-order valence-electron chi connectivity index (χ1n) is 6.69. The van der Waals surface area contributed by atoms with Gasteiger partial charge in [-0.25, -0.2) is 0 Å². The molecule has 0 atom stereocenters. The highest BCUT2D eigenvalue weighted by atomic mass is 16.1. The molecule has 104 valence electrons. The van der Waals surface area contributed by atoms with Crippen molar-refractivity contribution >= 4 is 11.6 Å². The molecule has 2 aromatic rings. The van der Waals surface area contributed by atoms with Crippen LogP contribution in [0.1, 0.15) is 29.8 Å². The number of carbonyl (C=O) groups is 1.